The molecule has 0 fully saturated rings. The van der Waals surface area contributed by atoms with Gasteiger partial charge >= 0.3 is 0 Å². The zero-order valence-electron chi connectivity index (χ0n) is 8.99. The summed E-state index contributed by atoms with van der Waals surface area (Å²) in [7, 11) is 0. The van der Waals surface area contributed by atoms with Crippen LogP contribution in [0.1, 0.15) is 16.1 Å². The number of hydrogen-bond acceptors (Lipinski definition) is 3. The van der Waals surface area contributed by atoms with E-state index in [2.05, 4.69) is 15.5 Å². The van der Waals surface area contributed by atoms with Crippen molar-refractivity contribution in [2.75, 3.05) is 5.32 Å². The number of benzene rings is 1. The van der Waals surface area contributed by atoms with Crippen LogP contribution in [0.2, 0.25) is 5.02 Å². The van der Waals surface area contributed by atoms with E-state index >= 15 is 0 Å². The third-order valence-electron chi connectivity index (χ3n) is 2.15. The largest absolute Gasteiger partial charge is 0.507 e. The minimum atomic E-state index is -0.462. The number of aryl methyl sites for hydroxylation is 1. The number of nitrogens with zero attached hydrogens (tertiary/aromatic N) is 1. The number of hydrogen-bond donors (Lipinski definition) is 3. The van der Waals surface area contributed by atoms with Gasteiger partial charge in [0, 0.05) is 16.8 Å². The molecule has 2 rings (SSSR count). The molecule has 1 aromatic carbocycles. The Labute approximate surface area is 102 Å². The van der Waals surface area contributed by atoms with Gasteiger partial charge in [0.05, 0.1) is 5.56 Å². The standard InChI is InChI=1S/C11H10ClN3O2/c1-6-4-10(15-14-6)13-11(17)8-5-7(12)2-3-9(8)16/h2-5,16H,1H3,(H2,13,14,15,17). The maximum absolute atomic E-state index is 11.8. The minimum Gasteiger partial charge on any atom is -0.507 e. The first-order valence-electron chi connectivity index (χ1n) is 4.88. The summed E-state index contributed by atoms with van der Waals surface area (Å²) in [6.45, 7) is 1.82. The molecule has 0 aliphatic heterocycles. The summed E-state index contributed by atoms with van der Waals surface area (Å²) in [6.07, 6.45) is 0. The Bertz CT molecular complexity index is 566. The Hall–Kier alpha value is -2.01. The number of carbonyl (C=O) groups is 1. The Kier molecular flexibility index (Phi) is 3.01. The number of anilines is 1. The van der Waals surface area contributed by atoms with Gasteiger partial charge in [-0.05, 0) is 25.1 Å². The first-order chi connectivity index (χ1) is 8.06. The van der Waals surface area contributed by atoms with Crippen molar-refractivity contribution >= 4 is 23.3 Å². The number of phenolic OH excluding ortho intramolecular Hbond substituents is 1. The first-order valence-corrected chi connectivity index (χ1v) is 5.26. The number of phenols is 1. The fourth-order valence-electron chi connectivity index (χ4n) is 1.36. The molecule has 1 amide bonds. The normalized spacial score (nSPS) is 10.2. The predicted octanol–water partition coefficient (Wildman–Crippen LogP) is 2.33. The van der Waals surface area contributed by atoms with E-state index in [1.165, 1.54) is 18.2 Å². The third kappa shape index (κ3) is 2.57. The molecule has 0 atom stereocenters. The summed E-state index contributed by atoms with van der Waals surface area (Å²) < 4.78 is 0. The van der Waals surface area contributed by atoms with Crippen LogP contribution in [0, 0.1) is 6.92 Å². The summed E-state index contributed by atoms with van der Waals surface area (Å²) in [5.74, 6) is -0.192. The van der Waals surface area contributed by atoms with Crippen molar-refractivity contribution in [2.24, 2.45) is 0 Å². The van der Waals surface area contributed by atoms with E-state index in [9.17, 15) is 9.90 Å². The summed E-state index contributed by atoms with van der Waals surface area (Å²) in [5, 5.41) is 19.0. The molecule has 88 valence electrons. The second kappa shape index (κ2) is 4.47. The number of aromatic hydroxyl groups is 1. The van der Waals surface area contributed by atoms with Crippen LogP contribution in [-0.4, -0.2) is 21.2 Å². The molecule has 0 spiro atoms. The minimum absolute atomic E-state index is 0.109. The number of amides is 1. The first kappa shape index (κ1) is 11.5. The lowest BCUT2D eigenvalue weighted by Gasteiger charge is -2.04. The average molecular weight is 252 g/mol. The molecule has 17 heavy (non-hydrogen) atoms. The van der Waals surface area contributed by atoms with Crippen molar-refractivity contribution in [3.63, 3.8) is 0 Å². The van der Waals surface area contributed by atoms with E-state index in [4.69, 9.17) is 11.6 Å². The maximum atomic E-state index is 11.8. The van der Waals surface area contributed by atoms with E-state index in [1.54, 1.807) is 6.07 Å². The number of aromatic amines is 1. The Morgan fingerprint density at radius 3 is 2.88 bits per heavy atom. The van der Waals surface area contributed by atoms with Gasteiger partial charge in [-0.15, -0.1) is 0 Å². The molecule has 0 saturated carbocycles. The van der Waals surface area contributed by atoms with E-state index in [0.29, 0.717) is 10.8 Å². The monoisotopic (exact) mass is 251 g/mol. The molecule has 5 nitrogen and oxygen atoms in total. The second-order valence-electron chi connectivity index (χ2n) is 3.55. The smallest absolute Gasteiger partial charge is 0.260 e. The molecule has 0 unspecified atom stereocenters. The Morgan fingerprint density at radius 1 is 1.47 bits per heavy atom. The quantitative estimate of drug-likeness (QED) is 0.767. The fraction of sp³-hybridized carbons (Fsp3) is 0.0909. The highest BCUT2D eigenvalue weighted by atomic mass is 35.5. The highest BCUT2D eigenvalue weighted by Gasteiger charge is 2.12. The molecular weight excluding hydrogens is 242 g/mol. The molecule has 0 radical (unpaired) electrons. The molecule has 1 heterocycles. The SMILES string of the molecule is Cc1cc(NC(=O)c2cc(Cl)ccc2O)n[nH]1. The van der Waals surface area contributed by atoms with Crippen molar-refractivity contribution in [2.45, 2.75) is 6.92 Å². The summed E-state index contributed by atoms with van der Waals surface area (Å²) >= 11 is 5.76. The molecule has 3 N–H and O–H groups in total. The van der Waals surface area contributed by atoms with Crippen LogP contribution < -0.4 is 5.32 Å². The van der Waals surface area contributed by atoms with Gasteiger partial charge in [-0.3, -0.25) is 9.89 Å². The highest BCUT2D eigenvalue weighted by molar-refractivity contribution is 6.31. The van der Waals surface area contributed by atoms with Gasteiger partial charge in [-0.1, -0.05) is 11.6 Å². The molecule has 0 aliphatic carbocycles. The van der Waals surface area contributed by atoms with E-state index in [0.717, 1.165) is 5.69 Å². The van der Waals surface area contributed by atoms with Gasteiger partial charge in [-0.2, -0.15) is 5.10 Å². The van der Waals surface area contributed by atoms with Crippen LogP contribution in [0.15, 0.2) is 24.3 Å². The molecular formula is C11H10ClN3O2. The topological polar surface area (TPSA) is 78.0 Å². The molecule has 0 aliphatic rings. The summed E-state index contributed by atoms with van der Waals surface area (Å²) in [5.41, 5.74) is 0.939. The molecule has 0 bridgehead atoms. The third-order valence-corrected chi connectivity index (χ3v) is 2.39. The zero-order chi connectivity index (χ0) is 12.4. The van der Waals surface area contributed by atoms with Crippen LogP contribution in [-0.2, 0) is 0 Å². The van der Waals surface area contributed by atoms with Crippen molar-refractivity contribution in [3.05, 3.63) is 40.5 Å². The lowest BCUT2D eigenvalue weighted by Crippen LogP contribution is -2.12. The number of carbonyl (C=O) groups excluding carboxylic acids is 1. The molecule has 6 heteroatoms. The van der Waals surface area contributed by atoms with Crippen LogP contribution in [0.4, 0.5) is 5.82 Å². The second-order valence-corrected chi connectivity index (χ2v) is 3.99. The van der Waals surface area contributed by atoms with Gasteiger partial charge < -0.3 is 10.4 Å². The van der Waals surface area contributed by atoms with E-state index < -0.39 is 5.91 Å². The van der Waals surface area contributed by atoms with Crippen molar-refractivity contribution in [1.82, 2.24) is 10.2 Å². The Morgan fingerprint density at radius 2 is 2.24 bits per heavy atom. The van der Waals surface area contributed by atoms with Gasteiger partial charge in [0.25, 0.3) is 5.91 Å². The van der Waals surface area contributed by atoms with Gasteiger partial charge in [0.1, 0.15) is 5.75 Å². The number of H-pyrrole nitrogens is 1. The van der Waals surface area contributed by atoms with E-state index in [1.807, 2.05) is 6.92 Å². The van der Waals surface area contributed by atoms with Crippen LogP contribution in [0.5, 0.6) is 5.75 Å². The number of rotatable bonds is 2. The van der Waals surface area contributed by atoms with E-state index in [-0.39, 0.29) is 11.3 Å². The number of halogens is 1. The molecule has 1 aromatic heterocycles. The van der Waals surface area contributed by atoms with Crippen molar-refractivity contribution < 1.29 is 9.90 Å². The number of nitrogens with one attached hydrogen (secondary N) is 2. The van der Waals surface area contributed by atoms with Crippen LogP contribution in [0.3, 0.4) is 0 Å². The van der Waals surface area contributed by atoms with Crippen molar-refractivity contribution in [3.8, 4) is 5.75 Å². The number of aromatic nitrogens is 2. The maximum Gasteiger partial charge on any atom is 0.260 e. The summed E-state index contributed by atoms with van der Waals surface area (Å²) in [4.78, 5) is 11.8. The zero-order valence-corrected chi connectivity index (χ0v) is 9.75. The van der Waals surface area contributed by atoms with Gasteiger partial charge in [-0.25, -0.2) is 0 Å². The molecule has 2 aromatic rings. The van der Waals surface area contributed by atoms with Crippen LogP contribution >= 0.6 is 11.6 Å². The van der Waals surface area contributed by atoms with Crippen molar-refractivity contribution in [1.29, 1.82) is 0 Å². The predicted molar refractivity (Wildman–Crippen MR) is 64.4 cm³/mol. The lowest BCUT2D eigenvalue weighted by atomic mass is 10.2. The highest BCUT2D eigenvalue weighted by Crippen LogP contribution is 2.22. The fourth-order valence-corrected chi connectivity index (χ4v) is 1.53. The average Bonchev–Trinajstić information content (AvgIpc) is 2.67. The molecule has 0 saturated heterocycles. The van der Waals surface area contributed by atoms with Gasteiger partial charge in [0.2, 0.25) is 0 Å². The Balaban J connectivity index is 2.22. The van der Waals surface area contributed by atoms with Gasteiger partial charge in [0.15, 0.2) is 5.82 Å². The summed E-state index contributed by atoms with van der Waals surface area (Å²) in [6, 6.07) is 5.95. The van der Waals surface area contributed by atoms with Crippen LogP contribution in [0.25, 0.3) is 0 Å². The lowest BCUT2D eigenvalue weighted by molar-refractivity contribution is 0.102.